The lowest BCUT2D eigenvalue weighted by atomic mass is 10.0. The average Bonchev–Trinajstić information content (AvgIpc) is 2.49. The quantitative estimate of drug-likeness (QED) is 0.918. The zero-order chi connectivity index (χ0) is 13.8. The molecular formula is C18H22N2. The van der Waals surface area contributed by atoms with E-state index in [0.29, 0.717) is 6.04 Å². The van der Waals surface area contributed by atoms with E-state index in [2.05, 4.69) is 71.7 Å². The van der Waals surface area contributed by atoms with Gasteiger partial charge in [0.2, 0.25) is 0 Å². The molecule has 20 heavy (non-hydrogen) atoms. The van der Waals surface area contributed by atoms with Crippen LogP contribution in [0.5, 0.6) is 0 Å². The molecule has 1 atom stereocenters. The molecule has 0 aromatic heterocycles. The van der Waals surface area contributed by atoms with Crippen molar-refractivity contribution in [2.45, 2.75) is 19.4 Å². The van der Waals surface area contributed by atoms with Gasteiger partial charge in [0.25, 0.3) is 0 Å². The molecule has 1 aliphatic heterocycles. The number of anilines is 1. The molecule has 0 saturated carbocycles. The van der Waals surface area contributed by atoms with Gasteiger partial charge in [-0.1, -0.05) is 48.0 Å². The molecule has 2 aromatic rings. The molecule has 2 aromatic carbocycles. The SMILES string of the molecule is Cc1ccc(N2CCNC(Cc3ccccc3)C2)cc1. The van der Waals surface area contributed by atoms with Crippen molar-refractivity contribution in [3.63, 3.8) is 0 Å². The highest BCUT2D eigenvalue weighted by molar-refractivity contribution is 5.48. The zero-order valence-corrected chi connectivity index (χ0v) is 12.0. The Bertz CT molecular complexity index is 533. The number of piperazine rings is 1. The van der Waals surface area contributed by atoms with Gasteiger partial charge in [-0.2, -0.15) is 0 Å². The minimum absolute atomic E-state index is 0.535. The van der Waals surface area contributed by atoms with Crippen molar-refractivity contribution < 1.29 is 0 Å². The first kappa shape index (κ1) is 13.2. The van der Waals surface area contributed by atoms with Gasteiger partial charge >= 0.3 is 0 Å². The topological polar surface area (TPSA) is 15.3 Å². The van der Waals surface area contributed by atoms with E-state index < -0.39 is 0 Å². The minimum Gasteiger partial charge on any atom is -0.369 e. The highest BCUT2D eigenvalue weighted by Gasteiger charge is 2.19. The fraction of sp³-hybridized carbons (Fsp3) is 0.333. The van der Waals surface area contributed by atoms with Crippen LogP contribution < -0.4 is 10.2 Å². The van der Waals surface area contributed by atoms with Crippen LogP contribution in [0.1, 0.15) is 11.1 Å². The van der Waals surface area contributed by atoms with Crippen LogP contribution in [0.2, 0.25) is 0 Å². The van der Waals surface area contributed by atoms with Gasteiger partial charge in [0.15, 0.2) is 0 Å². The third-order valence-electron chi connectivity index (χ3n) is 3.98. The molecule has 1 aliphatic rings. The molecule has 1 N–H and O–H groups in total. The maximum absolute atomic E-state index is 3.64. The molecule has 3 rings (SSSR count). The number of hydrogen-bond acceptors (Lipinski definition) is 2. The van der Waals surface area contributed by atoms with Crippen LogP contribution in [0.4, 0.5) is 5.69 Å². The van der Waals surface area contributed by atoms with Crippen LogP contribution in [-0.4, -0.2) is 25.7 Å². The molecule has 0 amide bonds. The zero-order valence-electron chi connectivity index (χ0n) is 12.0. The van der Waals surface area contributed by atoms with Crippen LogP contribution in [0.3, 0.4) is 0 Å². The van der Waals surface area contributed by atoms with E-state index >= 15 is 0 Å². The van der Waals surface area contributed by atoms with Crippen molar-refractivity contribution in [3.8, 4) is 0 Å². The molecule has 0 radical (unpaired) electrons. The highest BCUT2D eigenvalue weighted by atomic mass is 15.2. The van der Waals surface area contributed by atoms with Crippen molar-refractivity contribution in [3.05, 3.63) is 65.7 Å². The third kappa shape index (κ3) is 3.20. The summed E-state index contributed by atoms with van der Waals surface area (Å²) in [6.07, 6.45) is 1.10. The largest absolute Gasteiger partial charge is 0.369 e. The predicted octanol–water partition coefficient (Wildman–Crippen LogP) is 3.02. The van der Waals surface area contributed by atoms with Crippen LogP contribution in [0, 0.1) is 6.92 Å². The molecule has 1 heterocycles. The second-order valence-electron chi connectivity index (χ2n) is 5.62. The van der Waals surface area contributed by atoms with Gasteiger partial charge < -0.3 is 10.2 Å². The Kier molecular flexibility index (Phi) is 4.03. The highest BCUT2D eigenvalue weighted by Crippen LogP contribution is 2.18. The lowest BCUT2D eigenvalue weighted by Gasteiger charge is -2.35. The molecular weight excluding hydrogens is 244 g/mol. The Hall–Kier alpha value is -1.80. The van der Waals surface area contributed by atoms with Gasteiger partial charge in [-0.25, -0.2) is 0 Å². The average molecular weight is 266 g/mol. The van der Waals surface area contributed by atoms with Crippen LogP contribution in [-0.2, 0) is 6.42 Å². The monoisotopic (exact) mass is 266 g/mol. The van der Waals surface area contributed by atoms with E-state index in [4.69, 9.17) is 0 Å². The summed E-state index contributed by atoms with van der Waals surface area (Å²) in [4.78, 5) is 2.49. The van der Waals surface area contributed by atoms with E-state index in [1.165, 1.54) is 16.8 Å². The Morgan fingerprint density at radius 3 is 2.55 bits per heavy atom. The van der Waals surface area contributed by atoms with Gasteiger partial charge in [0, 0.05) is 31.4 Å². The summed E-state index contributed by atoms with van der Waals surface area (Å²) in [5.41, 5.74) is 4.08. The van der Waals surface area contributed by atoms with Crippen LogP contribution in [0.25, 0.3) is 0 Å². The molecule has 104 valence electrons. The molecule has 0 spiro atoms. The molecule has 1 fully saturated rings. The first-order valence-electron chi connectivity index (χ1n) is 7.40. The predicted molar refractivity (Wildman–Crippen MR) is 85.3 cm³/mol. The third-order valence-corrected chi connectivity index (χ3v) is 3.98. The van der Waals surface area contributed by atoms with Crippen molar-refractivity contribution in [1.29, 1.82) is 0 Å². The van der Waals surface area contributed by atoms with E-state index in [1.54, 1.807) is 0 Å². The molecule has 1 saturated heterocycles. The summed E-state index contributed by atoms with van der Waals surface area (Å²) >= 11 is 0. The standard InChI is InChI=1S/C18H22N2/c1-15-7-9-18(10-8-15)20-12-11-19-17(14-20)13-16-5-3-2-4-6-16/h2-10,17,19H,11-14H2,1H3. The summed E-state index contributed by atoms with van der Waals surface area (Å²) in [6, 6.07) is 20.2. The first-order valence-corrected chi connectivity index (χ1v) is 7.40. The molecule has 0 bridgehead atoms. The number of nitrogens with zero attached hydrogens (tertiary/aromatic N) is 1. The van der Waals surface area contributed by atoms with Gasteiger partial charge in [-0.3, -0.25) is 0 Å². The Morgan fingerprint density at radius 2 is 1.80 bits per heavy atom. The van der Waals surface area contributed by atoms with Gasteiger partial charge in [0.05, 0.1) is 0 Å². The maximum atomic E-state index is 3.64. The normalized spacial score (nSPS) is 19.1. The molecule has 1 unspecified atom stereocenters. The lowest BCUT2D eigenvalue weighted by Crippen LogP contribution is -2.51. The fourth-order valence-corrected chi connectivity index (χ4v) is 2.85. The maximum Gasteiger partial charge on any atom is 0.0367 e. The van der Waals surface area contributed by atoms with E-state index in [-0.39, 0.29) is 0 Å². The molecule has 2 nitrogen and oxygen atoms in total. The van der Waals surface area contributed by atoms with E-state index in [1.807, 2.05) is 0 Å². The van der Waals surface area contributed by atoms with Crippen molar-refractivity contribution in [2.75, 3.05) is 24.5 Å². The Morgan fingerprint density at radius 1 is 1.05 bits per heavy atom. The molecule has 0 aliphatic carbocycles. The van der Waals surface area contributed by atoms with E-state index in [9.17, 15) is 0 Å². The summed E-state index contributed by atoms with van der Waals surface area (Å²) < 4.78 is 0. The lowest BCUT2D eigenvalue weighted by molar-refractivity contribution is 0.455. The van der Waals surface area contributed by atoms with Crippen molar-refractivity contribution in [2.24, 2.45) is 0 Å². The fourth-order valence-electron chi connectivity index (χ4n) is 2.85. The Labute approximate surface area is 121 Å². The minimum atomic E-state index is 0.535. The van der Waals surface area contributed by atoms with Crippen LogP contribution >= 0.6 is 0 Å². The van der Waals surface area contributed by atoms with Crippen LogP contribution in [0.15, 0.2) is 54.6 Å². The van der Waals surface area contributed by atoms with Gasteiger partial charge in [-0.15, -0.1) is 0 Å². The number of nitrogens with one attached hydrogen (secondary N) is 1. The van der Waals surface area contributed by atoms with Crippen molar-refractivity contribution >= 4 is 5.69 Å². The number of aryl methyl sites for hydroxylation is 1. The van der Waals surface area contributed by atoms with E-state index in [0.717, 1.165) is 26.1 Å². The smallest absolute Gasteiger partial charge is 0.0367 e. The van der Waals surface area contributed by atoms with Gasteiger partial charge in [0.1, 0.15) is 0 Å². The molecule has 2 heteroatoms. The van der Waals surface area contributed by atoms with Gasteiger partial charge in [-0.05, 0) is 31.0 Å². The second-order valence-corrected chi connectivity index (χ2v) is 5.62. The Balaban J connectivity index is 1.66. The van der Waals surface area contributed by atoms with Crippen molar-refractivity contribution in [1.82, 2.24) is 5.32 Å². The summed E-state index contributed by atoms with van der Waals surface area (Å²) in [6.45, 7) is 5.37. The number of rotatable bonds is 3. The summed E-state index contributed by atoms with van der Waals surface area (Å²) in [7, 11) is 0. The summed E-state index contributed by atoms with van der Waals surface area (Å²) in [5.74, 6) is 0. The summed E-state index contributed by atoms with van der Waals surface area (Å²) in [5, 5.41) is 3.64. The number of hydrogen-bond donors (Lipinski definition) is 1. The number of benzene rings is 2. The first-order chi connectivity index (χ1) is 9.81. The second kappa shape index (κ2) is 6.10.